The van der Waals surface area contributed by atoms with Crippen LogP contribution in [-0.4, -0.2) is 28.9 Å². The molecule has 2 N–H and O–H groups in total. The molecule has 0 unspecified atom stereocenters. The number of fused-ring (bicyclic) bond motifs is 1. The minimum absolute atomic E-state index is 0.326. The Morgan fingerprint density at radius 3 is 2.59 bits per heavy atom. The van der Waals surface area contributed by atoms with Crippen LogP contribution in [0.2, 0.25) is 0 Å². The Balaban J connectivity index is 1.68. The maximum Gasteiger partial charge on any atom is 0.272 e. The quantitative estimate of drug-likeness (QED) is 0.626. The van der Waals surface area contributed by atoms with Crippen LogP contribution in [0, 0.1) is 24.4 Å². The number of H-pyrrole nitrogens is 1. The molecule has 2 aromatic heterocycles. The Labute approximate surface area is 158 Å². The summed E-state index contributed by atoms with van der Waals surface area (Å²) in [5.41, 5.74) is 1.64. The second-order valence-electron chi connectivity index (χ2n) is 6.76. The highest BCUT2D eigenvalue weighted by Crippen LogP contribution is 2.33. The van der Waals surface area contributed by atoms with Crippen LogP contribution in [0.3, 0.4) is 0 Å². The minimum Gasteiger partial charge on any atom is -0.350 e. The summed E-state index contributed by atoms with van der Waals surface area (Å²) in [6.07, 6.45) is 2.25. The molecule has 1 fully saturated rings. The number of nitrogens with one attached hydrogen (secondary N) is 2. The van der Waals surface area contributed by atoms with Crippen molar-refractivity contribution in [1.82, 2.24) is 9.88 Å². The number of aromatic nitrogens is 1. The maximum atomic E-state index is 13.9. The molecule has 8 heteroatoms. The molecular formula is C19H18F3N3OS. The molecule has 0 atom stereocenters. The molecule has 1 aliphatic heterocycles. The van der Waals surface area contributed by atoms with Gasteiger partial charge in [-0.2, -0.15) is 0 Å². The summed E-state index contributed by atoms with van der Waals surface area (Å²) in [6.45, 7) is 4.54. The molecule has 4 rings (SSSR count). The summed E-state index contributed by atoms with van der Waals surface area (Å²) in [4.78, 5) is 19.3. The van der Waals surface area contributed by atoms with E-state index in [-0.39, 0.29) is 5.69 Å². The predicted molar refractivity (Wildman–Crippen MR) is 99.7 cm³/mol. The van der Waals surface area contributed by atoms with Gasteiger partial charge in [-0.3, -0.25) is 9.69 Å². The summed E-state index contributed by atoms with van der Waals surface area (Å²) >= 11 is 1.59. The van der Waals surface area contributed by atoms with E-state index in [1.54, 1.807) is 11.3 Å². The van der Waals surface area contributed by atoms with Gasteiger partial charge in [-0.25, -0.2) is 13.2 Å². The molecule has 0 bridgehead atoms. The van der Waals surface area contributed by atoms with E-state index in [1.807, 2.05) is 13.0 Å². The third-order valence-electron chi connectivity index (χ3n) is 4.76. The minimum atomic E-state index is -1.30. The third-order valence-corrected chi connectivity index (χ3v) is 5.87. The highest BCUT2D eigenvalue weighted by molar-refractivity contribution is 7.19. The third kappa shape index (κ3) is 3.46. The molecule has 1 aromatic carbocycles. The number of carbonyl (C=O) groups is 1. The van der Waals surface area contributed by atoms with Crippen molar-refractivity contribution in [3.63, 3.8) is 0 Å². The second kappa shape index (κ2) is 7.01. The number of nitrogens with zero attached hydrogens (tertiary/aromatic N) is 1. The van der Waals surface area contributed by atoms with E-state index in [9.17, 15) is 18.0 Å². The number of hydrogen-bond acceptors (Lipinski definition) is 3. The van der Waals surface area contributed by atoms with Crippen molar-refractivity contribution in [3.05, 3.63) is 51.8 Å². The smallest absolute Gasteiger partial charge is 0.272 e. The Morgan fingerprint density at radius 2 is 1.85 bits per heavy atom. The van der Waals surface area contributed by atoms with Gasteiger partial charge >= 0.3 is 0 Å². The van der Waals surface area contributed by atoms with Crippen LogP contribution >= 0.6 is 11.3 Å². The van der Waals surface area contributed by atoms with Crippen molar-refractivity contribution in [2.75, 3.05) is 18.4 Å². The number of aromatic amines is 1. The molecule has 3 heterocycles. The van der Waals surface area contributed by atoms with Crippen molar-refractivity contribution in [2.45, 2.75) is 26.3 Å². The Hall–Kier alpha value is -2.32. The molecule has 1 saturated heterocycles. The van der Waals surface area contributed by atoms with E-state index in [1.165, 1.54) is 0 Å². The van der Waals surface area contributed by atoms with Crippen molar-refractivity contribution in [2.24, 2.45) is 0 Å². The van der Waals surface area contributed by atoms with E-state index in [4.69, 9.17) is 0 Å². The SMILES string of the molecule is Cc1cc2[nH]c(C(=O)Nc3cc(F)c(F)cc3F)c(CN3CCCC3)c2s1. The van der Waals surface area contributed by atoms with Crippen LogP contribution in [0.15, 0.2) is 18.2 Å². The molecular weight excluding hydrogens is 375 g/mol. The molecule has 142 valence electrons. The fraction of sp³-hybridized carbons (Fsp3) is 0.316. The number of halogens is 3. The van der Waals surface area contributed by atoms with Crippen molar-refractivity contribution >= 4 is 33.1 Å². The van der Waals surface area contributed by atoms with Crippen molar-refractivity contribution in [1.29, 1.82) is 0 Å². The largest absolute Gasteiger partial charge is 0.350 e. The average Bonchev–Trinajstić information content (AvgIpc) is 3.31. The van der Waals surface area contributed by atoms with Crippen LogP contribution in [0.4, 0.5) is 18.9 Å². The first kappa shape index (κ1) is 18.1. The fourth-order valence-electron chi connectivity index (χ4n) is 3.47. The lowest BCUT2D eigenvalue weighted by atomic mass is 10.2. The molecule has 3 aromatic rings. The zero-order valence-electron chi connectivity index (χ0n) is 14.7. The van der Waals surface area contributed by atoms with Crippen molar-refractivity contribution in [3.8, 4) is 0 Å². The topological polar surface area (TPSA) is 48.1 Å². The van der Waals surface area contributed by atoms with Crippen LogP contribution < -0.4 is 5.32 Å². The number of amides is 1. The second-order valence-corrected chi connectivity index (χ2v) is 8.02. The zero-order chi connectivity index (χ0) is 19.1. The van der Waals surface area contributed by atoms with Gasteiger partial charge in [0.25, 0.3) is 5.91 Å². The standard InChI is InChI=1S/C19H18F3N3OS/c1-10-6-16-18(27-10)11(9-25-4-2-3-5-25)17(23-16)19(26)24-15-8-13(21)12(20)7-14(15)22/h6-8,23H,2-5,9H2,1H3,(H,24,26). The van der Waals surface area contributed by atoms with Crippen LogP contribution in [0.25, 0.3) is 10.2 Å². The normalized spacial score (nSPS) is 15.0. The lowest BCUT2D eigenvalue weighted by Crippen LogP contribution is -2.22. The number of aryl methyl sites for hydroxylation is 1. The Kier molecular flexibility index (Phi) is 4.69. The monoisotopic (exact) mass is 393 g/mol. The van der Waals surface area contributed by atoms with Gasteiger partial charge in [0.1, 0.15) is 11.5 Å². The predicted octanol–water partition coefficient (Wildman–Crippen LogP) is 4.80. The first-order chi connectivity index (χ1) is 12.9. The lowest BCUT2D eigenvalue weighted by Gasteiger charge is -2.15. The maximum absolute atomic E-state index is 13.9. The van der Waals surface area contributed by atoms with Crippen molar-refractivity contribution < 1.29 is 18.0 Å². The molecule has 27 heavy (non-hydrogen) atoms. The summed E-state index contributed by atoms with van der Waals surface area (Å²) in [5.74, 6) is -4.11. The highest BCUT2D eigenvalue weighted by atomic mass is 32.1. The van der Waals surface area contributed by atoms with Gasteiger partial charge in [0, 0.05) is 29.1 Å². The van der Waals surface area contributed by atoms with E-state index >= 15 is 0 Å². The fourth-order valence-corrected chi connectivity index (χ4v) is 4.48. The molecule has 1 aliphatic rings. The number of hydrogen-bond donors (Lipinski definition) is 2. The number of rotatable bonds is 4. The van der Waals surface area contributed by atoms with E-state index in [0.29, 0.717) is 24.4 Å². The summed E-state index contributed by atoms with van der Waals surface area (Å²) in [5, 5.41) is 2.36. The molecule has 0 radical (unpaired) electrons. The van der Waals surface area contributed by atoms with Gasteiger partial charge in [0.05, 0.1) is 15.9 Å². The van der Waals surface area contributed by atoms with Gasteiger partial charge in [-0.1, -0.05) is 0 Å². The molecule has 0 spiro atoms. The Bertz CT molecular complexity index is 1020. The molecule has 4 nitrogen and oxygen atoms in total. The lowest BCUT2D eigenvalue weighted by molar-refractivity contribution is 0.102. The summed E-state index contributed by atoms with van der Waals surface area (Å²) in [7, 11) is 0. The van der Waals surface area contributed by atoms with Gasteiger partial charge in [0.15, 0.2) is 11.6 Å². The number of thiophene rings is 1. The summed E-state index contributed by atoms with van der Waals surface area (Å²) in [6, 6.07) is 3.03. The zero-order valence-corrected chi connectivity index (χ0v) is 15.5. The van der Waals surface area contributed by atoms with E-state index in [2.05, 4.69) is 15.2 Å². The molecule has 0 aliphatic carbocycles. The number of anilines is 1. The summed E-state index contributed by atoms with van der Waals surface area (Å²) < 4.78 is 41.4. The van der Waals surface area contributed by atoms with Gasteiger partial charge in [-0.15, -0.1) is 11.3 Å². The average molecular weight is 393 g/mol. The van der Waals surface area contributed by atoms with Crippen LogP contribution in [-0.2, 0) is 6.54 Å². The highest BCUT2D eigenvalue weighted by Gasteiger charge is 2.24. The van der Waals surface area contributed by atoms with Gasteiger partial charge in [0.2, 0.25) is 0 Å². The van der Waals surface area contributed by atoms with Gasteiger partial charge in [-0.05, 0) is 38.9 Å². The number of carbonyl (C=O) groups excluding carboxylic acids is 1. The van der Waals surface area contributed by atoms with Gasteiger partial charge < -0.3 is 10.3 Å². The molecule has 0 saturated carbocycles. The van der Waals surface area contributed by atoms with E-state index in [0.717, 1.165) is 46.6 Å². The molecule has 1 amide bonds. The first-order valence-electron chi connectivity index (χ1n) is 8.71. The Morgan fingerprint density at radius 1 is 1.15 bits per heavy atom. The number of benzene rings is 1. The van der Waals surface area contributed by atoms with E-state index < -0.39 is 23.4 Å². The van der Waals surface area contributed by atoms with Crippen LogP contribution in [0.1, 0.15) is 33.8 Å². The number of likely N-dealkylation sites (tertiary alicyclic amines) is 1. The van der Waals surface area contributed by atoms with Crippen LogP contribution in [0.5, 0.6) is 0 Å². The first-order valence-corrected chi connectivity index (χ1v) is 9.53.